The van der Waals surface area contributed by atoms with Gasteiger partial charge in [0, 0.05) is 36.3 Å². The Morgan fingerprint density at radius 3 is 2.38 bits per heavy atom. The normalized spacial score (nSPS) is 12.0. The summed E-state index contributed by atoms with van der Waals surface area (Å²) in [5.74, 6) is -4.07. The van der Waals surface area contributed by atoms with E-state index in [0.29, 0.717) is 12.8 Å². The molecule has 0 aliphatic rings. The molecule has 3 rings (SSSR count). The van der Waals surface area contributed by atoms with Gasteiger partial charge < -0.3 is 33.7 Å². The van der Waals surface area contributed by atoms with Gasteiger partial charge in [-0.3, -0.25) is 14.4 Å². The van der Waals surface area contributed by atoms with Gasteiger partial charge in [0.15, 0.2) is 11.3 Å². The molecule has 1 aromatic carbocycles. The minimum Gasteiger partial charge on any atom is -0.545 e. The van der Waals surface area contributed by atoms with Crippen LogP contribution in [-0.2, 0) is 27.3 Å². The zero-order chi connectivity index (χ0) is 31.8. The molecular weight excluding hydrogens is 596 g/mol. The van der Waals surface area contributed by atoms with Crippen molar-refractivity contribution in [3.05, 3.63) is 103 Å². The van der Waals surface area contributed by atoms with Crippen molar-refractivity contribution < 1.29 is 62.9 Å². The van der Waals surface area contributed by atoms with E-state index in [1.165, 1.54) is 59.8 Å². The first-order valence-electron chi connectivity index (χ1n) is 13.6. The number of nitrogens with one attached hydrogen (secondary N) is 1. The third-order valence-electron chi connectivity index (χ3n) is 6.79. The fraction of sp³-hybridized carbons (Fsp3) is 0.344. The van der Waals surface area contributed by atoms with Gasteiger partial charge in [-0.25, -0.2) is 9.18 Å². The zero-order valence-corrected chi connectivity index (χ0v) is 27.6. The number of benzene rings is 1. The molecule has 236 valence electrons. The Bertz CT molecular complexity index is 1740. The van der Waals surface area contributed by atoms with Crippen LogP contribution in [0.1, 0.15) is 69.1 Å². The standard InChI is InChI=1S/C31H34FN3O8.CH4.Na/c1-6-9-22(21(8-3)30(39)40)31(41)43-17-18(4)35-13-12-34-16-23(26(36)27(42-5)25(34)29(35)38)28(37)33-15-20-11-10-19(7-2)14-24(20)32;;/h8-14,16,18H,6-7,15,17H2,1-5H3,(H,33,37)(H,39,40);1H4;/q;;+1/p-1/b21-8+,22-9+;;. The Morgan fingerprint density at radius 2 is 1.82 bits per heavy atom. The minimum atomic E-state index is -1.53. The van der Waals surface area contributed by atoms with E-state index in [-0.39, 0.29) is 83.7 Å². The molecule has 0 saturated heterocycles. The maximum Gasteiger partial charge on any atom is 1.00 e. The van der Waals surface area contributed by atoms with Gasteiger partial charge in [-0.1, -0.05) is 45.6 Å². The third kappa shape index (κ3) is 8.80. The first-order valence-corrected chi connectivity index (χ1v) is 13.6. The molecule has 0 fully saturated rings. The number of allylic oxidation sites excluding steroid dienone is 2. The van der Waals surface area contributed by atoms with Gasteiger partial charge in [0.05, 0.1) is 24.7 Å². The van der Waals surface area contributed by atoms with E-state index in [4.69, 9.17) is 9.47 Å². The molecule has 0 spiro atoms. The zero-order valence-electron chi connectivity index (χ0n) is 25.6. The summed E-state index contributed by atoms with van der Waals surface area (Å²) in [5.41, 5.74) is -1.42. The number of aryl methyl sites for hydroxylation is 1. The molecule has 1 unspecified atom stereocenters. The van der Waals surface area contributed by atoms with Crippen molar-refractivity contribution in [2.75, 3.05) is 13.7 Å². The van der Waals surface area contributed by atoms with Gasteiger partial charge in [0.1, 0.15) is 18.0 Å². The molecule has 2 aromatic heterocycles. The fourth-order valence-electron chi connectivity index (χ4n) is 4.44. The van der Waals surface area contributed by atoms with Crippen molar-refractivity contribution >= 4 is 23.4 Å². The van der Waals surface area contributed by atoms with Crippen LogP contribution in [0, 0.1) is 5.82 Å². The number of carboxylic acids is 1. The number of nitrogens with zero attached hydrogens (tertiary/aromatic N) is 2. The van der Waals surface area contributed by atoms with Crippen molar-refractivity contribution in [3.8, 4) is 5.75 Å². The smallest absolute Gasteiger partial charge is 0.545 e. The molecule has 1 atom stereocenters. The average Bonchev–Trinajstić information content (AvgIpc) is 2.98. The largest absolute Gasteiger partial charge is 1.00 e. The van der Waals surface area contributed by atoms with Crippen LogP contribution in [-0.4, -0.2) is 40.5 Å². The van der Waals surface area contributed by atoms with Gasteiger partial charge in [-0.2, -0.15) is 0 Å². The Labute approximate surface area is 282 Å². The van der Waals surface area contributed by atoms with Crippen molar-refractivity contribution in [3.63, 3.8) is 0 Å². The Balaban J connectivity index is 0.00000506. The van der Waals surface area contributed by atoms with Crippen molar-refractivity contribution in [1.29, 1.82) is 0 Å². The van der Waals surface area contributed by atoms with E-state index in [1.807, 2.05) is 6.92 Å². The molecule has 11 nitrogen and oxygen atoms in total. The number of fused-ring (bicyclic) bond motifs is 1. The summed E-state index contributed by atoms with van der Waals surface area (Å²) in [6, 6.07) is 3.96. The number of pyridine rings is 1. The quantitative estimate of drug-likeness (QED) is 0.126. The molecule has 45 heavy (non-hydrogen) atoms. The summed E-state index contributed by atoms with van der Waals surface area (Å²) >= 11 is 0. The van der Waals surface area contributed by atoms with Crippen LogP contribution in [0.3, 0.4) is 0 Å². The maximum absolute atomic E-state index is 14.4. The fourth-order valence-corrected chi connectivity index (χ4v) is 4.44. The number of methoxy groups -OCH3 is 1. The van der Waals surface area contributed by atoms with Gasteiger partial charge >= 0.3 is 35.5 Å². The van der Waals surface area contributed by atoms with Crippen LogP contribution < -0.4 is 55.7 Å². The third-order valence-corrected chi connectivity index (χ3v) is 6.79. The number of carbonyl (C=O) groups is 3. The molecule has 3 aromatic rings. The van der Waals surface area contributed by atoms with Gasteiger partial charge in [-0.05, 0) is 38.3 Å². The number of carboxylic acid groups (broad SMARTS) is 1. The average molecular weight is 634 g/mol. The predicted molar refractivity (Wildman–Crippen MR) is 161 cm³/mol. The molecule has 0 radical (unpaired) electrons. The van der Waals surface area contributed by atoms with Crippen LogP contribution >= 0.6 is 0 Å². The summed E-state index contributed by atoms with van der Waals surface area (Å²) in [6.07, 6.45) is 7.65. The Hall–Kier alpha value is -4.00. The molecule has 0 aliphatic heterocycles. The number of halogens is 1. The van der Waals surface area contributed by atoms with Crippen LogP contribution in [0.25, 0.3) is 5.52 Å². The summed E-state index contributed by atoms with van der Waals surface area (Å²) in [5, 5.41) is 13.9. The Morgan fingerprint density at radius 1 is 1.13 bits per heavy atom. The molecule has 13 heteroatoms. The predicted octanol–water partition coefficient (Wildman–Crippen LogP) is -0.122. The topological polar surface area (TPSA) is 148 Å². The molecule has 2 heterocycles. The Kier molecular flexibility index (Phi) is 15.2. The molecule has 0 bridgehead atoms. The van der Waals surface area contributed by atoms with Gasteiger partial charge in [0.25, 0.3) is 11.5 Å². The number of ether oxygens (including phenoxy) is 2. The summed E-state index contributed by atoms with van der Waals surface area (Å²) in [6.45, 7) is 6.19. The molecule has 1 amide bonds. The second-order valence-corrected chi connectivity index (χ2v) is 9.60. The van der Waals surface area contributed by atoms with Crippen molar-refractivity contribution in [1.82, 2.24) is 14.3 Å². The van der Waals surface area contributed by atoms with Crippen molar-refractivity contribution in [2.24, 2.45) is 0 Å². The van der Waals surface area contributed by atoms with Crippen molar-refractivity contribution in [2.45, 2.75) is 60.5 Å². The maximum atomic E-state index is 14.4. The van der Waals surface area contributed by atoms with E-state index in [1.54, 1.807) is 26.0 Å². The second-order valence-electron chi connectivity index (χ2n) is 9.60. The minimum absolute atomic E-state index is 0. The number of carbonyl (C=O) groups excluding carboxylic acids is 3. The monoisotopic (exact) mass is 633 g/mol. The van der Waals surface area contributed by atoms with E-state index in [0.717, 1.165) is 5.56 Å². The van der Waals surface area contributed by atoms with Crippen LogP contribution in [0.15, 0.2) is 69.7 Å². The van der Waals surface area contributed by atoms with Crippen LogP contribution in [0.5, 0.6) is 5.75 Å². The molecule has 0 saturated carbocycles. The summed E-state index contributed by atoms with van der Waals surface area (Å²) in [7, 11) is 1.18. The van der Waals surface area contributed by atoms with E-state index >= 15 is 0 Å². The second kappa shape index (κ2) is 17.5. The van der Waals surface area contributed by atoms with Gasteiger partial charge in [-0.15, -0.1) is 0 Å². The van der Waals surface area contributed by atoms with E-state index in [2.05, 4.69) is 5.32 Å². The molecule has 0 aliphatic carbocycles. The first kappa shape index (κ1) is 39.0. The number of esters is 1. The van der Waals surface area contributed by atoms with Gasteiger partial charge in [0.2, 0.25) is 5.43 Å². The number of hydrogen-bond acceptors (Lipinski definition) is 8. The molecular formula is C32H37FN3NaO8. The number of amides is 1. The number of hydrogen-bond donors (Lipinski definition) is 1. The van der Waals surface area contributed by atoms with Crippen LogP contribution in [0.4, 0.5) is 4.39 Å². The number of aromatic nitrogens is 2. The molecule has 1 N–H and O–H groups in total. The van der Waals surface area contributed by atoms with E-state index in [9.17, 15) is 33.5 Å². The first-order chi connectivity index (χ1) is 20.5. The SMILES string of the molecule is C.C/C=C(C(=O)[O-])\C(=C/CC)C(=O)OCC(C)n1ccn2cc(C(=O)NCc3ccc(CC)cc3F)c(=O)c(OC)c2c1=O.[Na+]. The number of aliphatic carboxylic acids is 1. The number of rotatable bonds is 12. The van der Waals surface area contributed by atoms with Crippen LogP contribution in [0.2, 0.25) is 0 Å². The van der Waals surface area contributed by atoms with E-state index < -0.39 is 40.7 Å². The summed E-state index contributed by atoms with van der Waals surface area (Å²) in [4.78, 5) is 63.7. The summed E-state index contributed by atoms with van der Waals surface area (Å²) < 4.78 is 27.4.